The lowest BCUT2D eigenvalue weighted by Crippen LogP contribution is -2.46. The van der Waals surface area contributed by atoms with Crippen molar-refractivity contribution in [3.63, 3.8) is 0 Å². The largest absolute Gasteiger partial charge is 0.504 e. The highest BCUT2D eigenvalue weighted by atomic mass is 28.4. The summed E-state index contributed by atoms with van der Waals surface area (Å²) in [6.07, 6.45) is 0. The fourth-order valence-electron chi connectivity index (χ4n) is 2.21. The van der Waals surface area contributed by atoms with E-state index in [4.69, 9.17) is 26.6 Å². The molecule has 0 N–H and O–H groups in total. The van der Waals surface area contributed by atoms with Gasteiger partial charge in [0.2, 0.25) is 0 Å². The first-order valence-electron chi connectivity index (χ1n) is 6.91. The van der Waals surface area contributed by atoms with Crippen LogP contribution in [0.1, 0.15) is 11.1 Å². The van der Waals surface area contributed by atoms with Crippen LogP contribution in [-0.4, -0.2) is 60.3 Å². The molecule has 0 aliphatic carbocycles. The van der Waals surface area contributed by atoms with Gasteiger partial charge in [-0.3, -0.25) is 0 Å². The van der Waals surface area contributed by atoms with Gasteiger partial charge in [-0.1, -0.05) is 24.3 Å². The first kappa shape index (κ1) is 19.5. The summed E-state index contributed by atoms with van der Waals surface area (Å²) in [5, 5.41) is 0. The third kappa shape index (κ3) is 4.70. The van der Waals surface area contributed by atoms with Crippen LogP contribution in [0.5, 0.6) is 0 Å². The highest BCUT2D eigenvalue weighted by Gasteiger charge is 2.39. The Morgan fingerprint density at radius 3 is 0.955 bits per heavy atom. The van der Waals surface area contributed by atoms with Gasteiger partial charge in [-0.15, -0.1) is 0 Å². The van der Waals surface area contributed by atoms with Gasteiger partial charge in [0.15, 0.2) is 0 Å². The van der Waals surface area contributed by atoms with Gasteiger partial charge in [-0.05, 0) is 11.1 Å². The molecule has 1 aromatic carbocycles. The summed E-state index contributed by atoms with van der Waals surface area (Å²) in [6, 6.07) is 9.39. The van der Waals surface area contributed by atoms with Gasteiger partial charge >= 0.3 is 17.6 Å². The minimum Gasteiger partial charge on any atom is -0.377 e. The molecule has 126 valence electrons. The van der Waals surface area contributed by atoms with Crippen molar-refractivity contribution >= 4 is 17.6 Å². The second-order valence-electron chi connectivity index (χ2n) is 4.76. The van der Waals surface area contributed by atoms with Crippen LogP contribution in [-0.2, 0) is 38.6 Å². The van der Waals surface area contributed by atoms with Gasteiger partial charge in [0, 0.05) is 54.7 Å². The maximum Gasteiger partial charge on any atom is 0.504 e. The second kappa shape index (κ2) is 8.89. The Labute approximate surface area is 135 Å². The summed E-state index contributed by atoms with van der Waals surface area (Å²) < 4.78 is 32.7. The van der Waals surface area contributed by atoms with E-state index in [-0.39, 0.29) is 0 Å². The van der Waals surface area contributed by atoms with E-state index in [1.54, 1.807) is 42.7 Å². The van der Waals surface area contributed by atoms with E-state index < -0.39 is 17.6 Å². The van der Waals surface area contributed by atoms with Crippen LogP contribution in [0.4, 0.5) is 0 Å². The molecule has 0 unspecified atom stereocenters. The summed E-state index contributed by atoms with van der Waals surface area (Å²) >= 11 is 0. The van der Waals surface area contributed by atoms with Crippen molar-refractivity contribution in [3.05, 3.63) is 35.4 Å². The molecule has 0 atom stereocenters. The van der Waals surface area contributed by atoms with Crippen LogP contribution < -0.4 is 0 Å². The van der Waals surface area contributed by atoms with E-state index >= 15 is 0 Å². The predicted molar refractivity (Wildman–Crippen MR) is 87.4 cm³/mol. The molecule has 6 nitrogen and oxygen atoms in total. The molecule has 0 aromatic heterocycles. The monoisotopic (exact) mass is 346 g/mol. The molecule has 8 heteroatoms. The lowest BCUT2D eigenvalue weighted by atomic mass is 10.2. The van der Waals surface area contributed by atoms with E-state index in [1.807, 2.05) is 24.3 Å². The molecule has 1 rings (SSSR count). The smallest absolute Gasteiger partial charge is 0.377 e. The van der Waals surface area contributed by atoms with Crippen molar-refractivity contribution in [3.8, 4) is 0 Å². The standard InChI is InChI=1S/C14H26O6Si2/c1-15-21(16-2,17-3)11-13-7-9-14(10-8-13)12-22(18-4,19-5)20-6/h7-10H,11-12H2,1-6H3. The third-order valence-electron chi connectivity index (χ3n) is 3.73. The van der Waals surface area contributed by atoms with Gasteiger partial charge in [0.1, 0.15) is 0 Å². The highest BCUT2D eigenvalue weighted by Crippen LogP contribution is 2.18. The van der Waals surface area contributed by atoms with Crippen LogP contribution in [0.3, 0.4) is 0 Å². The molecule has 0 radical (unpaired) electrons. The molecule has 0 amide bonds. The maximum atomic E-state index is 5.44. The average molecular weight is 347 g/mol. The Morgan fingerprint density at radius 1 is 0.545 bits per heavy atom. The fourth-order valence-corrected chi connectivity index (χ4v) is 5.55. The minimum atomic E-state index is -2.61. The van der Waals surface area contributed by atoms with Crippen LogP contribution in [0.2, 0.25) is 0 Å². The zero-order chi connectivity index (χ0) is 16.6. The molecular formula is C14H26O6Si2. The van der Waals surface area contributed by atoms with E-state index in [9.17, 15) is 0 Å². The highest BCUT2D eigenvalue weighted by molar-refractivity contribution is 6.60. The number of hydrogen-bond acceptors (Lipinski definition) is 6. The summed E-state index contributed by atoms with van der Waals surface area (Å²) in [5.74, 6) is 0. The van der Waals surface area contributed by atoms with Crippen molar-refractivity contribution < 1.29 is 26.6 Å². The molecule has 0 heterocycles. The van der Waals surface area contributed by atoms with Gasteiger partial charge in [-0.25, -0.2) is 0 Å². The Morgan fingerprint density at radius 2 is 0.773 bits per heavy atom. The first-order chi connectivity index (χ1) is 10.5. The van der Waals surface area contributed by atoms with Crippen molar-refractivity contribution in [2.24, 2.45) is 0 Å². The fraction of sp³-hybridized carbons (Fsp3) is 0.571. The van der Waals surface area contributed by atoms with Crippen LogP contribution in [0.25, 0.3) is 0 Å². The Kier molecular flexibility index (Phi) is 7.87. The third-order valence-corrected chi connectivity index (χ3v) is 9.14. The number of rotatable bonds is 10. The molecule has 22 heavy (non-hydrogen) atoms. The molecule has 0 saturated carbocycles. The van der Waals surface area contributed by atoms with Crippen molar-refractivity contribution in [1.82, 2.24) is 0 Å². The van der Waals surface area contributed by atoms with Gasteiger partial charge in [0.05, 0.1) is 0 Å². The Hall–Kier alpha value is -0.586. The lowest BCUT2D eigenvalue weighted by molar-refractivity contribution is 0.122. The van der Waals surface area contributed by atoms with Crippen molar-refractivity contribution in [1.29, 1.82) is 0 Å². The zero-order valence-electron chi connectivity index (χ0n) is 14.2. The molecular weight excluding hydrogens is 320 g/mol. The molecule has 1 aromatic rings. The van der Waals surface area contributed by atoms with Crippen molar-refractivity contribution in [2.75, 3.05) is 42.7 Å². The maximum absolute atomic E-state index is 5.44. The normalized spacial score (nSPS) is 12.6. The second-order valence-corrected chi connectivity index (χ2v) is 10.6. The van der Waals surface area contributed by atoms with Crippen molar-refractivity contribution in [2.45, 2.75) is 12.1 Å². The van der Waals surface area contributed by atoms with E-state index in [2.05, 4.69) is 0 Å². The average Bonchev–Trinajstić information content (AvgIpc) is 2.59. The molecule has 0 fully saturated rings. The lowest BCUT2D eigenvalue weighted by Gasteiger charge is -2.25. The van der Waals surface area contributed by atoms with Gasteiger partial charge in [0.25, 0.3) is 0 Å². The van der Waals surface area contributed by atoms with Gasteiger partial charge < -0.3 is 26.6 Å². The molecule has 0 aliphatic heterocycles. The summed E-state index contributed by atoms with van der Waals surface area (Å²) in [5.41, 5.74) is 2.20. The van der Waals surface area contributed by atoms with Gasteiger partial charge in [-0.2, -0.15) is 0 Å². The summed E-state index contributed by atoms with van der Waals surface area (Å²) in [4.78, 5) is 0. The molecule has 0 spiro atoms. The minimum absolute atomic E-state index is 0.623. The van der Waals surface area contributed by atoms with E-state index in [0.717, 1.165) is 11.1 Å². The summed E-state index contributed by atoms with van der Waals surface area (Å²) in [7, 11) is 4.47. The molecule has 0 bridgehead atoms. The van der Waals surface area contributed by atoms with Crippen LogP contribution in [0.15, 0.2) is 24.3 Å². The van der Waals surface area contributed by atoms with E-state index in [0.29, 0.717) is 12.1 Å². The SMILES string of the molecule is CO[Si](Cc1ccc(C[Si](OC)(OC)OC)cc1)(OC)OC. The number of hydrogen-bond donors (Lipinski definition) is 0. The van der Waals surface area contributed by atoms with Crippen LogP contribution >= 0.6 is 0 Å². The molecule has 0 saturated heterocycles. The van der Waals surface area contributed by atoms with Crippen LogP contribution in [0, 0.1) is 0 Å². The topological polar surface area (TPSA) is 55.4 Å². The summed E-state index contributed by atoms with van der Waals surface area (Å²) in [6.45, 7) is 0. The van der Waals surface area contributed by atoms with E-state index in [1.165, 1.54) is 0 Å². The Balaban J connectivity index is 2.82. The predicted octanol–water partition coefficient (Wildman–Crippen LogP) is 1.61. The molecule has 0 aliphatic rings. The number of benzene rings is 1. The first-order valence-corrected chi connectivity index (χ1v) is 10.8. The quantitative estimate of drug-likeness (QED) is 0.600. The zero-order valence-corrected chi connectivity index (χ0v) is 16.2. The Bertz CT molecular complexity index is 374.